The molecule has 3 rings (SSSR count). The van der Waals surface area contributed by atoms with E-state index in [4.69, 9.17) is 4.74 Å². The Kier molecular flexibility index (Phi) is 4.47. The zero-order valence-corrected chi connectivity index (χ0v) is 12.6. The van der Waals surface area contributed by atoms with Crippen LogP contribution in [0.2, 0.25) is 0 Å². The molecule has 1 heterocycles. The van der Waals surface area contributed by atoms with E-state index in [9.17, 15) is 4.79 Å². The molecule has 2 nitrogen and oxygen atoms in total. The van der Waals surface area contributed by atoms with Gasteiger partial charge >= 0.3 is 0 Å². The van der Waals surface area contributed by atoms with Crippen LogP contribution in [0, 0.1) is 0 Å². The van der Waals surface area contributed by atoms with Crippen LogP contribution in [0.25, 0.3) is 6.08 Å². The smallest absolute Gasteiger partial charge is 0.185 e. The molecule has 0 aliphatic heterocycles. The van der Waals surface area contributed by atoms with E-state index in [1.165, 1.54) is 0 Å². The summed E-state index contributed by atoms with van der Waals surface area (Å²) >= 11 is 1.60. The third-order valence-corrected chi connectivity index (χ3v) is 3.90. The fourth-order valence-corrected chi connectivity index (χ4v) is 2.57. The van der Waals surface area contributed by atoms with E-state index in [1.54, 1.807) is 41.7 Å². The Hall–Kier alpha value is -2.65. The van der Waals surface area contributed by atoms with Crippen LogP contribution in [-0.4, -0.2) is 5.78 Å². The Morgan fingerprint density at radius 3 is 2.27 bits per heavy atom. The van der Waals surface area contributed by atoms with E-state index in [0.29, 0.717) is 11.3 Å². The lowest BCUT2D eigenvalue weighted by Gasteiger charge is -2.05. The number of ether oxygens (including phenoxy) is 1. The van der Waals surface area contributed by atoms with Crippen LogP contribution in [0.15, 0.2) is 78.2 Å². The van der Waals surface area contributed by atoms with Gasteiger partial charge in [-0.2, -0.15) is 0 Å². The van der Waals surface area contributed by atoms with Crippen molar-refractivity contribution in [2.45, 2.75) is 0 Å². The average Bonchev–Trinajstić information content (AvgIpc) is 3.08. The zero-order chi connectivity index (χ0) is 15.2. The van der Waals surface area contributed by atoms with Gasteiger partial charge < -0.3 is 4.74 Å². The van der Waals surface area contributed by atoms with Gasteiger partial charge in [0.1, 0.15) is 11.5 Å². The summed E-state index contributed by atoms with van der Waals surface area (Å²) in [5.41, 5.74) is 0.646. The first-order valence-corrected chi connectivity index (χ1v) is 7.78. The van der Waals surface area contributed by atoms with E-state index in [2.05, 4.69) is 0 Å². The minimum Gasteiger partial charge on any atom is -0.457 e. The molecule has 0 bridgehead atoms. The number of carbonyl (C=O) groups excluding carboxylic acids is 1. The molecule has 2 aromatic carbocycles. The second kappa shape index (κ2) is 6.87. The molecule has 0 atom stereocenters. The summed E-state index contributed by atoms with van der Waals surface area (Å²) in [5.74, 6) is 1.48. The molecule has 3 heteroatoms. The molecule has 1 aromatic heterocycles. The van der Waals surface area contributed by atoms with E-state index >= 15 is 0 Å². The van der Waals surface area contributed by atoms with Gasteiger partial charge in [0, 0.05) is 10.4 Å². The number of rotatable bonds is 5. The fraction of sp³-hybridized carbons (Fsp3) is 0. The number of allylic oxidation sites excluding steroid dienone is 1. The van der Waals surface area contributed by atoms with Crippen molar-refractivity contribution in [3.05, 3.63) is 88.6 Å². The Morgan fingerprint density at radius 2 is 1.59 bits per heavy atom. The number of para-hydroxylation sites is 1. The van der Waals surface area contributed by atoms with Crippen LogP contribution >= 0.6 is 11.3 Å². The number of hydrogen-bond acceptors (Lipinski definition) is 3. The van der Waals surface area contributed by atoms with Gasteiger partial charge in [0.15, 0.2) is 5.78 Å². The van der Waals surface area contributed by atoms with Crippen LogP contribution in [0.5, 0.6) is 11.5 Å². The predicted molar refractivity (Wildman–Crippen MR) is 90.6 cm³/mol. The highest BCUT2D eigenvalue weighted by atomic mass is 32.1. The van der Waals surface area contributed by atoms with Gasteiger partial charge in [0.2, 0.25) is 0 Å². The number of thiophene rings is 1. The number of carbonyl (C=O) groups is 1. The lowest BCUT2D eigenvalue weighted by molar-refractivity contribution is 0.104. The molecule has 0 N–H and O–H groups in total. The van der Waals surface area contributed by atoms with Gasteiger partial charge in [-0.05, 0) is 60.0 Å². The number of ketones is 1. The van der Waals surface area contributed by atoms with Crippen molar-refractivity contribution >= 4 is 23.2 Å². The van der Waals surface area contributed by atoms with Crippen LogP contribution in [0.4, 0.5) is 0 Å². The predicted octanol–water partition coefficient (Wildman–Crippen LogP) is 5.44. The first kappa shape index (κ1) is 14.3. The van der Waals surface area contributed by atoms with Gasteiger partial charge in [-0.25, -0.2) is 0 Å². The van der Waals surface area contributed by atoms with Crippen molar-refractivity contribution in [2.24, 2.45) is 0 Å². The fourth-order valence-electron chi connectivity index (χ4n) is 1.95. The molecule has 108 valence electrons. The Labute approximate surface area is 133 Å². The second-order valence-electron chi connectivity index (χ2n) is 4.65. The van der Waals surface area contributed by atoms with Crippen molar-refractivity contribution in [3.63, 3.8) is 0 Å². The van der Waals surface area contributed by atoms with Crippen molar-refractivity contribution in [1.82, 2.24) is 0 Å². The number of hydrogen-bond donors (Lipinski definition) is 0. The molecule has 0 amide bonds. The Morgan fingerprint density at radius 1 is 0.864 bits per heavy atom. The molecular formula is C19H14O2S. The maximum absolute atomic E-state index is 12.1. The van der Waals surface area contributed by atoms with Crippen LogP contribution < -0.4 is 4.74 Å². The van der Waals surface area contributed by atoms with Crippen molar-refractivity contribution < 1.29 is 9.53 Å². The third kappa shape index (κ3) is 3.71. The van der Waals surface area contributed by atoms with E-state index < -0.39 is 0 Å². The zero-order valence-electron chi connectivity index (χ0n) is 11.8. The van der Waals surface area contributed by atoms with Gasteiger partial charge in [-0.3, -0.25) is 4.79 Å². The molecule has 0 aliphatic carbocycles. The van der Waals surface area contributed by atoms with Gasteiger partial charge in [0.25, 0.3) is 0 Å². The summed E-state index contributed by atoms with van der Waals surface area (Å²) in [6.07, 6.45) is 3.43. The second-order valence-corrected chi connectivity index (χ2v) is 5.63. The lowest BCUT2D eigenvalue weighted by atomic mass is 10.1. The standard InChI is InChI=1S/C19H14O2S/c20-19(13-12-18-7-4-14-22-18)15-8-10-17(11-9-15)21-16-5-2-1-3-6-16/h1-14H. The van der Waals surface area contributed by atoms with E-state index in [-0.39, 0.29) is 5.78 Å². The molecular weight excluding hydrogens is 292 g/mol. The first-order chi connectivity index (χ1) is 10.8. The highest BCUT2D eigenvalue weighted by Gasteiger charge is 2.03. The molecule has 0 unspecified atom stereocenters. The Bertz CT molecular complexity index is 757. The van der Waals surface area contributed by atoms with E-state index in [1.807, 2.05) is 53.9 Å². The van der Waals surface area contributed by atoms with Gasteiger partial charge in [-0.1, -0.05) is 24.3 Å². The summed E-state index contributed by atoms with van der Waals surface area (Å²) in [6.45, 7) is 0. The van der Waals surface area contributed by atoms with Gasteiger partial charge in [0.05, 0.1) is 0 Å². The minimum atomic E-state index is -0.0142. The van der Waals surface area contributed by atoms with E-state index in [0.717, 1.165) is 10.6 Å². The summed E-state index contributed by atoms with van der Waals surface area (Å²) in [6, 6.07) is 20.7. The quantitative estimate of drug-likeness (QED) is 0.463. The summed E-state index contributed by atoms with van der Waals surface area (Å²) < 4.78 is 5.70. The highest BCUT2D eigenvalue weighted by molar-refractivity contribution is 7.10. The van der Waals surface area contributed by atoms with Crippen molar-refractivity contribution in [2.75, 3.05) is 0 Å². The van der Waals surface area contributed by atoms with Crippen LogP contribution in [0.1, 0.15) is 15.2 Å². The largest absolute Gasteiger partial charge is 0.457 e. The van der Waals surface area contributed by atoms with Crippen molar-refractivity contribution in [1.29, 1.82) is 0 Å². The first-order valence-electron chi connectivity index (χ1n) is 6.90. The minimum absolute atomic E-state index is 0.0142. The molecule has 22 heavy (non-hydrogen) atoms. The SMILES string of the molecule is O=C(C=Cc1cccs1)c1ccc(Oc2ccccc2)cc1. The summed E-state index contributed by atoms with van der Waals surface area (Å²) in [7, 11) is 0. The highest BCUT2D eigenvalue weighted by Crippen LogP contribution is 2.21. The Balaban J connectivity index is 1.67. The normalized spacial score (nSPS) is 10.7. The summed E-state index contributed by atoms with van der Waals surface area (Å²) in [4.78, 5) is 13.2. The molecule has 0 aliphatic rings. The molecule has 0 saturated carbocycles. The molecule has 0 spiro atoms. The third-order valence-electron chi connectivity index (χ3n) is 3.06. The molecule has 0 fully saturated rings. The van der Waals surface area contributed by atoms with Crippen molar-refractivity contribution in [3.8, 4) is 11.5 Å². The van der Waals surface area contributed by atoms with Gasteiger partial charge in [-0.15, -0.1) is 11.3 Å². The molecule has 0 radical (unpaired) electrons. The van der Waals surface area contributed by atoms with Crippen LogP contribution in [0.3, 0.4) is 0 Å². The lowest BCUT2D eigenvalue weighted by Crippen LogP contribution is -1.93. The molecule has 3 aromatic rings. The summed E-state index contributed by atoms with van der Waals surface area (Å²) in [5, 5.41) is 1.99. The number of benzene rings is 2. The maximum Gasteiger partial charge on any atom is 0.185 e. The maximum atomic E-state index is 12.1. The topological polar surface area (TPSA) is 26.3 Å². The molecule has 0 saturated heterocycles. The van der Waals surface area contributed by atoms with Crippen LogP contribution in [-0.2, 0) is 0 Å². The monoisotopic (exact) mass is 306 g/mol. The average molecular weight is 306 g/mol.